The van der Waals surface area contributed by atoms with E-state index >= 15 is 0 Å². The van der Waals surface area contributed by atoms with Gasteiger partial charge in [-0.25, -0.2) is 0 Å². The predicted molar refractivity (Wildman–Crippen MR) is 65.5 cm³/mol. The minimum absolute atomic E-state index is 0.0431. The smallest absolute Gasteiger partial charge is 0.239 e. The van der Waals surface area contributed by atoms with Crippen LogP contribution in [0.3, 0.4) is 0 Å². The summed E-state index contributed by atoms with van der Waals surface area (Å²) >= 11 is 0. The zero-order valence-corrected chi connectivity index (χ0v) is 10.6. The van der Waals surface area contributed by atoms with Crippen molar-refractivity contribution >= 4 is 5.91 Å². The van der Waals surface area contributed by atoms with Crippen LogP contribution in [0.25, 0.3) is 0 Å². The van der Waals surface area contributed by atoms with Gasteiger partial charge in [0.25, 0.3) is 0 Å². The average Bonchev–Trinajstić information content (AvgIpc) is 2.77. The molecule has 3 N–H and O–H groups in total. The summed E-state index contributed by atoms with van der Waals surface area (Å²) in [7, 11) is 1.65. The van der Waals surface area contributed by atoms with Crippen molar-refractivity contribution in [1.82, 2.24) is 4.90 Å². The first-order chi connectivity index (χ1) is 8.19. The summed E-state index contributed by atoms with van der Waals surface area (Å²) in [5.41, 5.74) is 5.86. The molecular weight excluding hydrogens is 220 g/mol. The van der Waals surface area contributed by atoms with Crippen LogP contribution >= 0.6 is 0 Å². The molecule has 0 bridgehead atoms. The second-order valence-corrected chi connectivity index (χ2v) is 4.69. The quantitative estimate of drug-likeness (QED) is 0.617. The lowest BCUT2D eigenvalue weighted by molar-refractivity contribution is -0.131. The third-order valence-corrected chi connectivity index (χ3v) is 3.32. The Bertz CT molecular complexity index is 236. The number of nitrogens with two attached hydrogens (primary N) is 1. The van der Waals surface area contributed by atoms with Gasteiger partial charge in [-0.15, -0.1) is 0 Å². The van der Waals surface area contributed by atoms with E-state index in [4.69, 9.17) is 15.6 Å². The highest BCUT2D eigenvalue weighted by atomic mass is 16.5. The molecule has 2 atom stereocenters. The van der Waals surface area contributed by atoms with Crippen molar-refractivity contribution in [2.24, 2.45) is 11.7 Å². The third-order valence-electron chi connectivity index (χ3n) is 3.32. The molecule has 5 nitrogen and oxygen atoms in total. The number of hydrogen-bond donors (Lipinski definition) is 2. The van der Waals surface area contributed by atoms with Gasteiger partial charge in [-0.05, 0) is 31.6 Å². The minimum Gasteiger partial charge on any atom is -0.396 e. The maximum atomic E-state index is 12.0. The van der Waals surface area contributed by atoms with E-state index in [0.29, 0.717) is 18.9 Å². The highest BCUT2D eigenvalue weighted by molar-refractivity contribution is 5.81. The summed E-state index contributed by atoms with van der Waals surface area (Å²) in [5, 5.41) is 8.86. The first-order valence-electron chi connectivity index (χ1n) is 6.33. The second kappa shape index (κ2) is 7.63. The lowest BCUT2D eigenvalue weighted by Gasteiger charge is -2.20. The Morgan fingerprint density at radius 3 is 3.06 bits per heavy atom. The zero-order chi connectivity index (χ0) is 12.7. The van der Waals surface area contributed by atoms with Gasteiger partial charge in [0, 0.05) is 33.4 Å². The fraction of sp³-hybridized carbons (Fsp3) is 0.917. The topological polar surface area (TPSA) is 75.8 Å². The maximum absolute atomic E-state index is 12.0. The summed E-state index contributed by atoms with van der Waals surface area (Å²) in [5.74, 6) is 0.483. The van der Waals surface area contributed by atoms with Gasteiger partial charge in [0.05, 0.1) is 6.04 Å². The summed E-state index contributed by atoms with van der Waals surface area (Å²) in [6.07, 6.45) is 3.25. The fourth-order valence-electron chi connectivity index (χ4n) is 2.26. The SMILES string of the molecule is COCCCC(N)C(=O)N1CCC(CCO)C1. The van der Waals surface area contributed by atoms with E-state index in [1.165, 1.54) is 0 Å². The van der Waals surface area contributed by atoms with Crippen molar-refractivity contribution in [2.75, 3.05) is 33.4 Å². The number of methoxy groups -OCH3 is 1. The summed E-state index contributed by atoms with van der Waals surface area (Å²) < 4.78 is 4.94. The lowest BCUT2D eigenvalue weighted by atomic mass is 10.1. The normalized spacial score (nSPS) is 21.8. The molecule has 0 saturated carbocycles. The lowest BCUT2D eigenvalue weighted by Crippen LogP contribution is -2.42. The Balaban J connectivity index is 2.27. The second-order valence-electron chi connectivity index (χ2n) is 4.69. The molecule has 0 aliphatic carbocycles. The van der Waals surface area contributed by atoms with Crippen LogP contribution in [-0.2, 0) is 9.53 Å². The number of nitrogens with zero attached hydrogens (tertiary/aromatic N) is 1. The van der Waals surface area contributed by atoms with Crippen LogP contribution in [0, 0.1) is 5.92 Å². The number of carbonyl (C=O) groups is 1. The Kier molecular flexibility index (Phi) is 6.47. The van der Waals surface area contributed by atoms with Gasteiger partial charge >= 0.3 is 0 Å². The van der Waals surface area contributed by atoms with Gasteiger partial charge < -0.3 is 20.5 Å². The Morgan fingerprint density at radius 2 is 2.41 bits per heavy atom. The number of amides is 1. The molecule has 1 saturated heterocycles. The first-order valence-corrected chi connectivity index (χ1v) is 6.33. The van der Waals surface area contributed by atoms with Gasteiger partial charge in [-0.3, -0.25) is 4.79 Å². The Morgan fingerprint density at radius 1 is 1.65 bits per heavy atom. The van der Waals surface area contributed by atoms with E-state index in [1.807, 2.05) is 4.90 Å². The molecule has 2 unspecified atom stereocenters. The Hall–Kier alpha value is -0.650. The number of likely N-dealkylation sites (tertiary alicyclic amines) is 1. The predicted octanol–water partition coefficient (Wildman–Crippen LogP) is -0.0288. The van der Waals surface area contributed by atoms with E-state index in [9.17, 15) is 4.79 Å². The van der Waals surface area contributed by atoms with Gasteiger partial charge in [0.1, 0.15) is 0 Å². The van der Waals surface area contributed by atoms with Crippen molar-refractivity contribution in [3.63, 3.8) is 0 Å². The highest BCUT2D eigenvalue weighted by Gasteiger charge is 2.28. The molecule has 1 amide bonds. The molecule has 17 heavy (non-hydrogen) atoms. The molecule has 1 fully saturated rings. The number of carbonyl (C=O) groups excluding carboxylic acids is 1. The van der Waals surface area contributed by atoms with Crippen molar-refractivity contribution < 1.29 is 14.6 Å². The van der Waals surface area contributed by atoms with Crippen molar-refractivity contribution in [3.05, 3.63) is 0 Å². The van der Waals surface area contributed by atoms with Gasteiger partial charge in [0.15, 0.2) is 0 Å². The molecule has 0 radical (unpaired) electrons. The van der Waals surface area contributed by atoms with E-state index in [1.54, 1.807) is 7.11 Å². The van der Waals surface area contributed by atoms with Gasteiger partial charge in [-0.1, -0.05) is 0 Å². The van der Waals surface area contributed by atoms with Crippen molar-refractivity contribution in [2.45, 2.75) is 31.7 Å². The monoisotopic (exact) mass is 244 g/mol. The molecular formula is C12H24N2O3. The number of aliphatic hydroxyl groups excluding tert-OH is 1. The van der Waals surface area contributed by atoms with Crippen molar-refractivity contribution in [3.8, 4) is 0 Å². The van der Waals surface area contributed by atoms with Crippen LogP contribution in [0.2, 0.25) is 0 Å². The largest absolute Gasteiger partial charge is 0.396 e. The molecule has 1 aliphatic rings. The molecule has 100 valence electrons. The molecule has 5 heteroatoms. The molecule has 0 aromatic rings. The highest BCUT2D eigenvalue weighted by Crippen LogP contribution is 2.20. The van der Waals surface area contributed by atoms with E-state index in [-0.39, 0.29) is 12.5 Å². The molecule has 1 heterocycles. The third kappa shape index (κ3) is 4.61. The number of hydrogen-bond acceptors (Lipinski definition) is 4. The average molecular weight is 244 g/mol. The summed E-state index contributed by atoms with van der Waals surface area (Å²) in [6.45, 7) is 2.37. The van der Waals surface area contributed by atoms with Crippen LogP contribution in [0.1, 0.15) is 25.7 Å². The van der Waals surface area contributed by atoms with Gasteiger partial charge in [0.2, 0.25) is 5.91 Å². The van der Waals surface area contributed by atoms with Crippen LogP contribution in [0.4, 0.5) is 0 Å². The molecule has 0 aromatic heterocycles. The first kappa shape index (κ1) is 14.4. The minimum atomic E-state index is -0.405. The number of rotatable bonds is 7. The molecule has 1 aliphatic heterocycles. The van der Waals surface area contributed by atoms with E-state index in [0.717, 1.165) is 32.4 Å². The Labute approximate surface area is 103 Å². The number of aliphatic hydroxyl groups is 1. The maximum Gasteiger partial charge on any atom is 0.239 e. The fourth-order valence-corrected chi connectivity index (χ4v) is 2.26. The van der Waals surface area contributed by atoms with Crippen LogP contribution < -0.4 is 5.73 Å². The van der Waals surface area contributed by atoms with Gasteiger partial charge in [-0.2, -0.15) is 0 Å². The number of ether oxygens (including phenoxy) is 1. The summed E-state index contributed by atoms with van der Waals surface area (Å²) in [4.78, 5) is 13.8. The molecule has 0 spiro atoms. The summed E-state index contributed by atoms with van der Waals surface area (Å²) in [6, 6.07) is -0.405. The van der Waals surface area contributed by atoms with Crippen LogP contribution in [0.15, 0.2) is 0 Å². The molecule has 0 aromatic carbocycles. The zero-order valence-electron chi connectivity index (χ0n) is 10.6. The van der Waals surface area contributed by atoms with Crippen molar-refractivity contribution in [1.29, 1.82) is 0 Å². The van der Waals surface area contributed by atoms with E-state index < -0.39 is 6.04 Å². The van der Waals surface area contributed by atoms with Crippen LogP contribution in [-0.4, -0.2) is 55.4 Å². The molecule has 1 rings (SSSR count). The standard InChI is InChI=1S/C12H24N2O3/c1-17-8-2-3-11(13)12(16)14-6-4-10(9-14)5-7-15/h10-11,15H,2-9,13H2,1H3. The van der Waals surface area contributed by atoms with E-state index in [2.05, 4.69) is 0 Å². The van der Waals surface area contributed by atoms with Crippen LogP contribution in [0.5, 0.6) is 0 Å².